The van der Waals surface area contributed by atoms with Crippen molar-refractivity contribution in [2.45, 2.75) is 39.4 Å². The summed E-state index contributed by atoms with van der Waals surface area (Å²) in [4.78, 5) is 2.43. The molecule has 2 aromatic rings. The Labute approximate surface area is 127 Å². The Morgan fingerprint density at radius 3 is 2.48 bits per heavy atom. The van der Waals surface area contributed by atoms with Gasteiger partial charge in [-0.3, -0.25) is 9.58 Å². The predicted molar refractivity (Wildman–Crippen MR) is 86.8 cm³/mol. The lowest BCUT2D eigenvalue weighted by molar-refractivity contribution is 0.255. The summed E-state index contributed by atoms with van der Waals surface area (Å²) in [5.74, 6) is 0. The highest BCUT2D eigenvalue weighted by Crippen LogP contribution is 2.12. The van der Waals surface area contributed by atoms with E-state index in [1.165, 1.54) is 11.1 Å². The first-order valence-electron chi connectivity index (χ1n) is 7.68. The minimum absolute atomic E-state index is 0.408. The molecule has 0 bridgehead atoms. The van der Waals surface area contributed by atoms with Gasteiger partial charge < -0.3 is 5.73 Å². The lowest BCUT2D eigenvalue weighted by Gasteiger charge is -2.21. The van der Waals surface area contributed by atoms with E-state index in [1.807, 2.05) is 10.9 Å². The van der Waals surface area contributed by atoms with Gasteiger partial charge in [0.05, 0.1) is 6.20 Å². The fourth-order valence-electron chi connectivity index (χ4n) is 2.37. The number of aromatic nitrogens is 2. The Morgan fingerprint density at radius 1 is 1.14 bits per heavy atom. The third kappa shape index (κ3) is 4.99. The van der Waals surface area contributed by atoms with Crippen LogP contribution in [0.2, 0.25) is 0 Å². The summed E-state index contributed by atoms with van der Waals surface area (Å²) in [7, 11) is 0. The molecule has 0 aliphatic rings. The van der Waals surface area contributed by atoms with Gasteiger partial charge in [0, 0.05) is 37.4 Å². The summed E-state index contributed by atoms with van der Waals surface area (Å²) in [5, 5.41) is 4.42. The van der Waals surface area contributed by atoms with Crippen LogP contribution in [-0.4, -0.2) is 27.8 Å². The van der Waals surface area contributed by atoms with Crippen LogP contribution in [0.4, 0.5) is 0 Å². The number of nitrogens with two attached hydrogens (primary N) is 1. The molecule has 1 aromatic carbocycles. The van der Waals surface area contributed by atoms with E-state index >= 15 is 0 Å². The zero-order valence-corrected chi connectivity index (χ0v) is 13.1. The molecule has 0 saturated carbocycles. The largest absolute Gasteiger partial charge is 0.330 e. The molecule has 4 nitrogen and oxygen atoms in total. The number of benzene rings is 1. The van der Waals surface area contributed by atoms with Crippen molar-refractivity contribution in [3.63, 3.8) is 0 Å². The first-order chi connectivity index (χ1) is 10.2. The molecule has 0 radical (unpaired) electrons. The van der Waals surface area contributed by atoms with E-state index in [9.17, 15) is 0 Å². The molecule has 4 heteroatoms. The van der Waals surface area contributed by atoms with Crippen LogP contribution in [0.15, 0.2) is 42.7 Å². The monoisotopic (exact) mass is 286 g/mol. The van der Waals surface area contributed by atoms with Gasteiger partial charge in [0.1, 0.15) is 0 Å². The van der Waals surface area contributed by atoms with Gasteiger partial charge in [-0.05, 0) is 32.4 Å². The molecule has 0 amide bonds. The molecule has 114 valence electrons. The SMILES string of the molecule is CC(C)n1cc(CN(CCCN)Cc2ccccc2)cn1. The molecule has 0 spiro atoms. The molecule has 0 atom stereocenters. The van der Waals surface area contributed by atoms with Gasteiger partial charge in [-0.1, -0.05) is 30.3 Å². The van der Waals surface area contributed by atoms with Crippen molar-refractivity contribution in [3.05, 3.63) is 53.9 Å². The number of hydrogen-bond donors (Lipinski definition) is 1. The molecule has 0 aliphatic heterocycles. The summed E-state index contributed by atoms with van der Waals surface area (Å²) in [6.07, 6.45) is 5.14. The van der Waals surface area contributed by atoms with E-state index in [4.69, 9.17) is 5.73 Å². The fourth-order valence-corrected chi connectivity index (χ4v) is 2.37. The van der Waals surface area contributed by atoms with Crippen LogP contribution in [-0.2, 0) is 13.1 Å². The molecule has 21 heavy (non-hydrogen) atoms. The van der Waals surface area contributed by atoms with Crippen LogP contribution in [0, 0.1) is 0 Å². The van der Waals surface area contributed by atoms with Crippen LogP contribution in [0.3, 0.4) is 0 Å². The zero-order valence-electron chi connectivity index (χ0n) is 13.1. The summed E-state index contributed by atoms with van der Waals surface area (Å²) in [6, 6.07) is 11.0. The van der Waals surface area contributed by atoms with Crippen LogP contribution < -0.4 is 5.73 Å². The van der Waals surface area contributed by atoms with Crippen molar-refractivity contribution in [1.82, 2.24) is 14.7 Å². The second kappa shape index (κ2) is 7.96. The van der Waals surface area contributed by atoms with Crippen molar-refractivity contribution in [2.24, 2.45) is 5.73 Å². The fraction of sp³-hybridized carbons (Fsp3) is 0.471. The first kappa shape index (κ1) is 15.7. The Morgan fingerprint density at radius 2 is 1.86 bits per heavy atom. The maximum absolute atomic E-state index is 5.66. The lowest BCUT2D eigenvalue weighted by atomic mass is 10.2. The highest BCUT2D eigenvalue weighted by molar-refractivity contribution is 5.15. The molecule has 1 aromatic heterocycles. The van der Waals surface area contributed by atoms with Crippen molar-refractivity contribution < 1.29 is 0 Å². The van der Waals surface area contributed by atoms with Crippen molar-refractivity contribution in [2.75, 3.05) is 13.1 Å². The van der Waals surface area contributed by atoms with Gasteiger partial charge in [-0.15, -0.1) is 0 Å². The third-order valence-electron chi connectivity index (χ3n) is 3.52. The maximum Gasteiger partial charge on any atom is 0.0534 e. The summed E-state index contributed by atoms with van der Waals surface area (Å²) < 4.78 is 2.01. The number of nitrogens with zero attached hydrogens (tertiary/aromatic N) is 3. The molecule has 2 N–H and O–H groups in total. The Hall–Kier alpha value is -1.65. The molecule has 0 aliphatic carbocycles. The summed E-state index contributed by atoms with van der Waals surface area (Å²) in [5.41, 5.74) is 8.26. The smallest absolute Gasteiger partial charge is 0.0534 e. The molecule has 0 fully saturated rings. The van der Waals surface area contributed by atoms with Gasteiger partial charge in [0.15, 0.2) is 0 Å². The standard InChI is InChI=1S/C17H26N4/c1-15(2)21-14-17(11-19-21)13-20(10-6-9-18)12-16-7-4-3-5-8-16/h3-5,7-8,11,14-15H,6,9-10,12-13,18H2,1-2H3. The third-order valence-corrected chi connectivity index (χ3v) is 3.52. The van der Waals surface area contributed by atoms with Gasteiger partial charge >= 0.3 is 0 Å². The molecular formula is C17H26N4. The highest BCUT2D eigenvalue weighted by atomic mass is 15.3. The predicted octanol–water partition coefficient (Wildman–Crippen LogP) is 2.82. The average molecular weight is 286 g/mol. The van der Waals surface area contributed by atoms with Gasteiger partial charge in [-0.25, -0.2) is 0 Å². The van der Waals surface area contributed by atoms with E-state index in [2.05, 4.69) is 60.4 Å². The number of rotatable bonds is 8. The Bertz CT molecular complexity index is 519. The van der Waals surface area contributed by atoms with E-state index in [1.54, 1.807) is 0 Å². The summed E-state index contributed by atoms with van der Waals surface area (Å²) in [6.45, 7) is 7.91. The van der Waals surface area contributed by atoms with E-state index in [0.29, 0.717) is 6.04 Å². The molecule has 2 rings (SSSR count). The van der Waals surface area contributed by atoms with Crippen LogP contribution in [0.5, 0.6) is 0 Å². The lowest BCUT2D eigenvalue weighted by Crippen LogP contribution is -2.25. The number of hydrogen-bond acceptors (Lipinski definition) is 3. The first-order valence-corrected chi connectivity index (χ1v) is 7.68. The quantitative estimate of drug-likeness (QED) is 0.811. The zero-order chi connectivity index (χ0) is 15.1. The van der Waals surface area contributed by atoms with Crippen molar-refractivity contribution in [3.8, 4) is 0 Å². The van der Waals surface area contributed by atoms with Crippen LogP contribution in [0.1, 0.15) is 37.4 Å². The Balaban J connectivity index is 2.01. The summed E-state index contributed by atoms with van der Waals surface area (Å²) >= 11 is 0. The highest BCUT2D eigenvalue weighted by Gasteiger charge is 2.09. The second-order valence-corrected chi connectivity index (χ2v) is 5.76. The minimum Gasteiger partial charge on any atom is -0.330 e. The molecular weight excluding hydrogens is 260 g/mol. The van der Waals surface area contributed by atoms with Gasteiger partial charge in [0.25, 0.3) is 0 Å². The molecule has 0 saturated heterocycles. The Kier molecular flexibility index (Phi) is 5.96. The minimum atomic E-state index is 0.408. The normalized spacial score (nSPS) is 11.5. The van der Waals surface area contributed by atoms with Crippen LogP contribution >= 0.6 is 0 Å². The van der Waals surface area contributed by atoms with Crippen molar-refractivity contribution in [1.29, 1.82) is 0 Å². The topological polar surface area (TPSA) is 47.1 Å². The second-order valence-electron chi connectivity index (χ2n) is 5.76. The van der Waals surface area contributed by atoms with Gasteiger partial charge in [-0.2, -0.15) is 5.10 Å². The van der Waals surface area contributed by atoms with E-state index in [-0.39, 0.29) is 0 Å². The van der Waals surface area contributed by atoms with E-state index in [0.717, 1.165) is 32.6 Å². The molecule has 0 unspecified atom stereocenters. The van der Waals surface area contributed by atoms with Crippen LogP contribution in [0.25, 0.3) is 0 Å². The van der Waals surface area contributed by atoms with Crippen molar-refractivity contribution >= 4 is 0 Å². The average Bonchev–Trinajstić information content (AvgIpc) is 2.94. The van der Waals surface area contributed by atoms with Gasteiger partial charge in [0.2, 0.25) is 0 Å². The maximum atomic E-state index is 5.66. The van der Waals surface area contributed by atoms with E-state index < -0.39 is 0 Å². The molecule has 1 heterocycles.